The molecule has 0 fully saturated rings. The number of amides is 1. The van der Waals surface area contributed by atoms with Gasteiger partial charge in [0.1, 0.15) is 11.7 Å². The zero-order valence-electron chi connectivity index (χ0n) is 17.2. The quantitative estimate of drug-likeness (QED) is 0.669. The second-order valence-corrected chi connectivity index (χ2v) is 7.78. The molecule has 0 bridgehead atoms. The first-order valence-electron chi connectivity index (χ1n) is 9.89. The molecule has 2 N–H and O–H groups in total. The Hall–Kier alpha value is -2.73. The van der Waals surface area contributed by atoms with Gasteiger partial charge in [-0.05, 0) is 55.2 Å². The lowest BCUT2D eigenvalue weighted by Gasteiger charge is -2.32. The fraction of sp³-hybridized carbons (Fsp3) is 0.348. The number of aliphatic imine (C=N–C) groups is 1. The predicted molar refractivity (Wildman–Crippen MR) is 122 cm³/mol. The number of anilines is 1. The third-order valence-electron chi connectivity index (χ3n) is 5.03. The maximum absolute atomic E-state index is 13.3. The van der Waals surface area contributed by atoms with E-state index >= 15 is 0 Å². The number of nitrogens with zero attached hydrogens (tertiary/aromatic N) is 1. The van der Waals surface area contributed by atoms with Crippen molar-refractivity contribution in [2.45, 2.75) is 39.7 Å². The number of carbonyl (C=O) groups excluding carboxylic acids is 1. The average molecular weight is 410 g/mol. The van der Waals surface area contributed by atoms with Crippen LogP contribution in [0, 0.1) is 5.92 Å². The number of carbonyl (C=O) groups is 1. The summed E-state index contributed by atoms with van der Waals surface area (Å²) in [6.45, 7) is 8.61. The lowest BCUT2D eigenvalue weighted by molar-refractivity contribution is -0.118. The van der Waals surface area contributed by atoms with E-state index in [-0.39, 0.29) is 11.9 Å². The monoisotopic (exact) mass is 409 g/mol. The smallest absolute Gasteiger partial charge is 0.235 e. The summed E-state index contributed by atoms with van der Waals surface area (Å²) in [7, 11) is 0. The normalized spacial score (nSPS) is 18.8. The van der Waals surface area contributed by atoms with Crippen LogP contribution >= 0.6 is 12.2 Å². The first-order valence-corrected chi connectivity index (χ1v) is 10.3. The van der Waals surface area contributed by atoms with Crippen molar-refractivity contribution in [2.75, 3.05) is 11.9 Å². The van der Waals surface area contributed by atoms with Crippen molar-refractivity contribution in [3.05, 3.63) is 59.7 Å². The molecule has 0 aliphatic carbocycles. The Morgan fingerprint density at radius 1 is 1.21 bits per heavy atom. The van der Waals surface area contributed by atoms with Crippen molar-refractivity contribution in [2.24, 2.45) is 10.9 Å². The van der Waals surface area contributed by atoms with Crippen LogP contribution in [-0.2, 0) is 4.79 Å². The molecule has 1 aliphatic rings. The van der Waals surface area contributed by atoms with Gasteiger partial charge in [0, 0.05) is 5.71 Å². The van der Waals surface area contributed by atoms with Gasteiger partial charge < -0.3 is 15.4 Å². The second-order valence-electron chi connectivity index (χ2n) is 7.40. The molecule has 2 atom stereocenters. The van der Waals surface area contributed by atoms with Gasteiger partial charge in [0.15, 0.2) is 5.11 Å². The van der Waals surface area contributed by atoms with Crippen LogP contribution in [0.15, 0.2) is 53.5 Å². The minimum absolute atomic E-state index is 0.147. The SMILES string of the molecule is CCOc1ccccc1NC(=O)C1C(C)=NC(=S)NC1c1ccc(C(C)C)cc1. The number of benzene rings is 2. The van der Waals surface area contributed by atoms with Gasteiger partial charge in [0.25, 0.3) is 0 Å². The van der Waals surface area contributed by atoms with E-state index < -0.39 is 5.92 Å². The Kier molecular flexibility index (Phi) is 6.64. The average Bonchev–Trinajstić information content (AvgIpc) is 2.69. The van der Waals surface area contributed by atoms with Crippen LogP contribution in [0.4, 0.5) is 5.69 Å². The highest BCUT2D eigenvalue weighted by molar-refractivity contribution is 7.80. The minimum atomic E-state index is -0.485. The molecule has 1 aliphatic heterocycles. The third-order valence-corrected chi connectivity index (χ3v) is 5.24. The van der Waals surface area contributed by atoms with Crippen molar-refractivity contribution in [1.29, 1.82) is 0 Å². The van der Waals surface area contributed by atoms with Gasteiger partial charge in [-0.15, -0.1) is 0 Å². The molecule has 0 aromatic heterocycles. The molecule has 2 aromatic rings. The summed E-state index contributed by atoms with van der Waals surface area (Å²) in [5, 5.41) is 6.63. The largest absolute Gasteiger partial charge is 0.492 e. The Labute approximate surface area is 177 Å². The topological polar surface area (TPSA) is 62.7 Å². The number of rotatable bonds is 6. The lowest BCUT2D eigenvalue weighted by atomic mass is 9.86. The molecule has 1 amide bonds. The Morgan fingerprint density at radius 3 is 2.55 bits per heavy atom. The van der Waals surface area contributed by atoms with E-state index in [1.165, 1.54) is 5.56 Å². The summed E-state index contributed by atoms with van der Waals surface area (Å²) in [4.78, 5) is 17.6. The highest BCUT2D eigenvalue weighted by atomic mass is 32.1. The van der Waals surface area contributed by atoms with Crippen molar-refractivity contribution in [3.8, 4) is 5.75 Å². The second kappa shape index (κ2) is 9.18. The summed E-state index contributed by atoms with van der Waals surface area (Å²) >= 11 is 5.30. The van der Waals surface area contributed by atoms with E-state index in [2.05, 4.69) is 53.7 Å². The molecule has 3 rings (SSSR count). The zero-order valence-corrected chi connectivity index (χ0v) is 18.0. The number of hydrogen-bond acceptors (Lipinski definition) is 3. The molecular formula is C23H27N3O2S. The van der Waals surface area contributed by atoms with E-state index in [1.54, 1.807) is 0 Å². The maximum Gasteiger partial charge on any atom is 0.235 e. The summed E-state index contributed by atoms with van der Waals surface area (Å²) in [5.41, 5.74) is 3.60. The number of para-hydroxylation sites is 2. The van der Waals surface area contributed by atoms with Gasteiger partial charge in [-0.2, -0.15) is 0 Å². The van der Waals surface area contributed by atoms with Crippen LogP contribution in [0.1, 0.15) is 50.8 Å². The fourth-order valence-electron chi connectivity index (χ4n) is 3.49. The van der Waals surface area contributed by atoms with Crippen LogP contribution in [0.25, 0.3) is 0 Å². The molecule has 6 heteroatoms. The summed E-state index contributed by atoms with van der Waals surface area (Å²) in [6.07, 6.45) is 0. The Morgan fingerprint density at radius 2 is 1.90 bits per heavy atom. The number of nitrogens with one attached hydrogen (secondary N) is 2. The third kappa shape index (κ3) is 4.82. The molecule has 1 heterocycles. The predicted octanol–water partition coefficient (Wildman–Crippen LogP) is 4.85. The maximum atomic E-state index is 13.3. The molecular weight excluding hydrogens is 382 g/mol. The van der Waals surface area contributed by atoms with Gasteiger partial charge >= 0.3 is 0 Å². The lowest BCUT2D eigenvalue weighted by Crippen LogP contribution is -2.45. The molecule has 2 unspecified atom stereocenters. The van der Waals surface area contributed by atoms with Gasteiger partial charge in [-0.25, -0.2) is 4.99 Å². The number of hydrogen-bond donors (Lipinski definition) is 2. The summed E-state index contributed by atoms with van der Waals surface area (Å²) in [6, 6.07) is 15.5. The minimum Gasteiger partial charge on any atom is -0.492 e. The highest BCUT2D eigenvalue weighted by Gasteiger charge is 2.36. The van der Waals surface area contributed by atoms with Crippen LogP contribution in [0.2, 0.25) is 0 Å². The van der Waals surface area contributed by atoms with Crippen molar-refractivity contribution < 1.29 is 9.53 Å². The highest BCUT2D eigenvalue weighted by Crippen LogP contribution is 2.31. The first kappa shape index (κ1) is 21.0. The molecule has 0 saturated carbocycles. The first-order chi connectivity index (χ1) is 13.9. The van der Waals surface area contributed by atoms with E-state index in [0.717, 1.165) is 5.56 Å². The fourth-order valence-corrected chi connectivity index (χ4v) is 3.76. The summed E-state index contributed by atoms with van der Waals surface area (Å²) < 4.78 is 5.63. The molecule has 0 saturated heterocycles. The van der Waals surface area contributed by atoms with Gasteiger partial charge in [-0.1, -0.05) is 50.2 Å². The molecule has 2 aromatic carbocycles. The molecule has 29 heavy (non-hydrogen) atoms. The van der Waals surface area contributed by atoms with Crippen LogP contribution in [0.5, 0.6) is 5.75 Å². The van der Waals surface area contributed by atoms with Gasteiger partial charge in [-0.3, -0.25) is 4.79 Å². The van der Waals surface area contributed by atoms with Crippen LogP contribution in [-0.4, -0.2) is 23.3 Å². The molecule has 0 spiro atoms. The summed E-state index contributed by atoms with van der Waals surface area (Å²) in [5.74, 6) is 0.463. The molecule has 5 nitrogen and oxygen atoms in total. The number of ether oxygens (including phenoxy) is 1. The van der Waals surface area contributed by atoms with Gasteiger partial charge in [0.2, 0.25) is 5.91 Å². The molecule has 152 valence electrons. The van der Waals surface area contributed by atoms with E-state index in [4.69, 9.17) is 17.0 Å². The van der Waals surface area contributed by atoms with Crippen molar-refractivity contribution in [1.82, 2.24) is 5.32 Å². The van der Waals surface area contributed by atoms with Crippen molar-refractivity contribution in [3.63, 3.8) is 0 Å². The van der Waals surface area contributed by atoms with Crippen molar-refractivity contribution >= 4 is 34.6 Å². The van der Waals surface area contributed by atoms with Crippen LogP contribution < -0.4 is 15.4 Å². The Balaban J connectivity index is 1.90. The van der Waals surface area contributed by atoms with E-state index in [0.29, 0.717) is 34.8 Å². The van der Waals surface area contributed by atoms with Gasteiger partial charge in [0.05, 0.1) is 18.3 Å². The van der Waals surface area contributed by atoms with E-state index in [1.807, 2.05) is 38.1 Å². The molecule has 0 radical (unpaired) electrons. The standard InChI is InChI=1S/C23H27N3O2S/c1-5-28-19-9-7-6-8-18(19)25-22(27)20-15(4)24-23(29)26-21(20)17-12-10-16(11-13-17)14(2)3/h6-14,20-21H,5H2,1-4H3,(H,25,27)(H,26,29). The zero-order chi connectivity index (χ0) is 21.0. The Bertz CT molecular complexity index is 922. The van der Waals surface area contributed by atoms with E-state index in [9.17, 15) is 4.79 Å². The number of thiocarbonyl (C=S) groups is 1. The van der Waals surface area contributed by atoms with Crippen LogP contribution in [0.3, 0.4) is 0 Å².